The van der Waals surface area contributed by atoms with Crippen molar-refractivity contribution >= 4 is 77.3 Å². The monoisotopic (exact) mass is 865 g/mol. The number of nitrogens with one attached hydrogen (secondary N) is 1. The molecule has 1 aliphatic heterocycles. The van der Waals surface area contributed by atoms with Crippen molar-refractivity contribution in [2.45, 2.75) is 30.2 Å². The first kappa shape index (κ1) is 42.5. The van der Waals surface area contributed by atoms with E-state index in [1.165, 1.54) is 80.2 Å². The molecule has 59 heavy (non-hydrogen) atoms. The Hall–Kier alpha value is -6.12. The van der Waals surface area contributed by atoms with Crippen molar-refractivity contribution in [2.24, 2.45) is 10.2 Å². The highest BCUT2D eigenvalue weighted by atomic mass is 35.5. The molecule has 3 N–H and O–H groups in total. The molecular formula is C39H36ClN5O12S2. The molecule has 0 unspecified atom stereocenters. The number of carbonyl (C=O) groups is 3. The number of carbonyl (C=O) groups excluding carboxylic acids is 3. The van der Waals surface area contributed by atoms with Gasteiger partial charge in [0.15, 0.2) is 5.75 Å². The Balaban J connectivity index is 1.61. The third kappa shape index (κ3) is 7.89. The van der Waals surface area contributed by atoms with Gasteiger partial charge in [-0.15, -0.1) is 10.2 Å². The number of halogens is 1. The lowest BCUT2D eigenvalue weighted by Gasteiger charge is -2.20. The molecule has 1 aliphatic rings. The van der Waals surface area contributed by atoms with Gasteiger partial charge in [0.2, 0.25) is 10.0 Å². The minimum atomic E-state index is -5.11. The number of aromatic hydroxyl groups is 1. The number of anilines is 1. The molecule has 0 aliphatic carbocycles. The Kier molecular flexibility index (Phi) is 12.0. The summed E-state index contributed by atoms with van der Waals surface area (Å²) in [5, 5.41) is 23.0. The molecule has 5 aromatic carbocycles. The van der Waals surface area contributed by atoms with Crippen molar-refractivity contribution in [2.75, 3.05) is 39.7 Å². The van der Waals surface area contributed by atoms with Gasteiger partial charge < -0.3 is 24.6 Å². The summed E-state index contributed by atoms with van der Waals surface area (Å²) >= 11 is 6.33. The highest BCUT2D eigenvalue weighted by Gasteiger charge is 2.37. The van der Waals surface area contributed by atoms with Crippen molar-refractivity contribution in [3.8, 4) is 23.0 Å². The van der Waals surface area contributed by atoms with Gasteiger partial charge >= 0.3 is 0 Å². The van der Waals surface area contributed by atoms with Crippen LogP contribution >= 0.6 is 11.6 Å². The van der Waals surface area contributed by atoms with Crippen LogP contribution in [0.2, 0.25) is 5.02 Å². The second-order valence-electron chi connectivity index (χ2n) is 12.7. The number of phenols is 1. The van der Waals surface area contributed by atoms with E-state index in [0.717, 1.165) is 11.0 Å². The summed E-state index contributed by atoms with van der Waals surface area (Å²) in [7, 11) is -5.12. The first-order valence-corrected chi connectivity index (χ1v) is 20.8. The maximum atomic E-state index is 14.0. The number of ether oxygens (including phenoxy) is 3. The molecule has 0 radical (unpaired) electrons. The molecule has 0 saturated carbocycles. The number of methoxy groups -OCH3 is 3. The van der Waals surface area contributed by atoms with Gasteiger partial charge in [-0.2, -0.15) is 12.7 Å². The van der Waals surface area contributed by atoms with Gasteiger partial charge in [-0.05, 0) is 53.9 Å². The number of azo groups is 1. The second-order valence-corrected chi connectivity index (χ2v) is 16.5. The highest BCUT2D eigenvalue weighted by Crippen LogP contribution is 2.45. The molecule has 0 saturated heterocycles. The summed E-state index contributed by atoms with van der Waals surface area (Å²) in [6.45, 7) is 2.91. The normalized spacial score (nSPS) is 13.1. The molecule has 5 aromatic rings. The molecule has 308 valence electrons. The van der Waals surface area contributed by atoms with E-state index < -0.39 is 66.3 Å². The highest BCUT2D eigenvalue weighted by molar-refractivity contribution is 7.89. The van der Waals surface area contributed by atoms with Crippen molar-refractivity contribution < 1.29 is 55.1 Å². The fourth-order valence-electron chi connectivity index (χ4n) is 6.60. The Morgan fingerprint density at radius 3 is 2.03 bits per heavy atom. The molecule has 0 fully saturated rings. The number of hydrogen-bond acceptors (Lipinski definition) is 13. The standard InChI is InChI=1S/C39H36ClN5O12S2/c1-6-44(7-2)58(50,51)22-13-14-30(55-3)29(17-22)42-43-35-34-21(16-25(36(35)46)37(47)41-28-18-27(40)31(56-4)19-32(28)57-5)12-15-33(59(52,53)54)26(34)20-45-38(48)23-10-8-9-11-24(23)39(45)49/h8-19,46H,6-7,20H2,1-5H3,(H,41,47)(H,52,53,54). The molecule has 0 aromatic heterocycles. The molecule has 0 spiro atoms. The van der Waals surface area contributed by atoms with Gasteiger partial charge in [0.05, 0.1) is 65.1 Å². The van der Waals surface area contributed by atoms with E-state index in [0.29, 0.717) is 0 Å². The fourth-order valence-corrected chi connectivity index (χ4v) is 9.04. The molecular weight excluding hydrogens is 830 g/mol. The molecule has 6 rings (SSSR count). The number of hydrogen-bond donors (Lipinski definition) is 3. The van der Waals surface area contributed by atoms with Gasteiger partial charge in [-0.3, -0.25) is 23.8 Å². The van der Waals surface area contributed by atoms with Crippen LogP contribution in [0.3, 0.4) is 0 Å². The topological polar surface area (TPSA) is 231 Å². The number of amides is 3. The van der Waals surface area contributed by atoms with Crippen LogP contribution in [0.1, 0.15) is 50.5 Å². The van der Waals surface area contributed by atoms with Crippen LogP contribution in [-0.4, -0.2) is 87.8 Å². The number of nitrogens with zero attached hydrogens (tertiary/aromatic N) is 4. The summed E-state index contributed by atoms with van der Waals surface area (Å²) in [6.07, 6.45) is 0. The zero-order valence-electron chi connectivity index (χ0n) is 32.0. The average Bonchev–Trinajstić information content (AvgIpc) is 3.44. The maximum Gasteiger partial charge on any atom is 0.294 e. The second kappa shape index (κ2) is 16.6. The molecule has 0 bridgehead atoms. The summed E-state index contributed by atoms with van der Waals surface area (Å²) in [6, 6.07) is 15.9. The predicted octanol–water partition coefficient (Wildman–Crippen LogP) is 6.97. The van der Waals surface area contributed by atoms with E-state index in [1.54, 1.807) is 26.0 Å². The molecule has 17 nitrogen and oxygen atoms in total. The molecule has 20 heteroatoms. The zero-order chi connectivity index (χ0) is 43.0. The van der Waals surface area contributed by atoms with E-state index in [1.807, 2.05) is 0 Å². The number of sulfonamides is 1. The lowest BCUT2D eigenvalue weighted by molar-refractivity contribution is 0.0641. The molecule has 0 atom stereocenters. The van der Waals surface area contributed by atoms with E-state index >= 15 is 0 Å². The van der Waals surface area contributed by atoms with Crippen molar-refractivity contribution in [3.05, 3.63) is 100 Å². The largest absolute Gasteiger partial charge is 0.505 e. The predicted molar refractivity (Wildman–Crippen MR) is 216 cm³/mol. The van der Waals surface area contributed by atoms with Gasteiger partial charge in [0.25, 0.3) is 27.8 Å². The van der Waals surface area contributed by atoms with Crippen LogP contribution in [0, 0.1) is 0 Å². The number of rotatable bonds is 14. The zero-order valence-corrected chi connectivity index (χ0v) is 34.4. The summed E-state index contributed by atoms with van der Waals surface area (Å²) < 4.78 is 80.5. The lowest BCUT2D eigenvalue weighted by atomic mass is 9.98. The fraction of sp³-hybridized carbons (Fsp3) is 0.205. The van der Waals surface area contributed by atoms with Gasteiger partial charge in [0.1, 0.15) is 28.6 Å². The lowest BCUT2D eigenvalue weighted by Crippen LogP contribution is -2.30. The number of imide groups is 1. The molecule has 3 amide bonds. The third-order valence-electron chi connectivity index (χ3n) is 9.51. The number of phenolic OH excluding ortho intramolecular Hbond substituents is 1. The summed E-state index contributed by atoms with van der Waals surface area (Å²) in [4.78, 5) is 40.9. The Morgan fingerprint density at radius 1 is 0.831 bits per heavy atom. The number of fused-ring (bicyclic) bond motifs is 2. The Morgan fingerprint density at radius 2 is 1.46 bits per heavy atom. The Bertz CT molecular complexity index is 2780. The van der Waals surface area contributed by atoms with Crippen LogP contribution in [0.15, 0.2) is 92.8 Å². The van der Waals surface area contributed by atoms with E-state index in [-0.39, 0.29) is 79.1 Å². The van der Waals surface area contributed by atoms with Gasteiger partial charge in [-0.1, -0.05) is 43.6 Å². The van der Waals surface area contributed by atoms with Crippen LogP contribution in [-0.2, 0) is 26.7 Å². The first-order chi connectivity index (χ1) is 28.0. The van der Waals surface area contributed by atoms with Crippen LogP contribution in [0.4, 0.5) is 17.1 Å². The van der Waals surface area contributed by atoms with Gasteiger partial charge in [-0.25, -0.2) is 8.42 Å². The van der Waals surface area contributed by atoms with E-state index in [2.05, 4.69) is 15.5 Å². The van der Waals surface area contributed by atoms with E-state index in [9.17, 15) is 40.9 Å². The van der Waals surface area contributed by atoms with Crippen LogP contribution < -0.4 is 19.5 Å². The first-order valence-electron chi connectivity index (χ1n) is 17.6. The number of benzene rings is 5. The van der Waals surface area contributed by atoms with Crippen molar-refractivity contribution in [3.63, 3.8) is 0 Å². The van der Waals surface area contributed by atoms with Crippen molar-refractivity contribution in [1.29, 1.82) is 0 Å². The molecule has 1 heterocycles. The minimum absolute atomic E-state index is 0.0328. The SMILES string of the molecule is CCN(CC)S(=O)(=O)c1ccc(OC)c(N=Nc2c(O)c(C(=O)Nc3cc(Cl)c(OC)cc3OC)cc3ccc(S(=O)(=O)O)c(CN4C(=O)c5ccccc5C4=O)c23)c1. The van der Waals surface area contributed by atoms with Crippen LogP contribution in [0.5, 0.6) is 23.0 Å². The quantitative estimate of drug-likeness (QED) is 0.0584. The summed E-state index contributed by atoms with van der Waals surface area (Å²) in [5.74, 6) is -2.94. The smallest absolute Gasteiger partial charge is 0.294 e. The maximum absolute atomic E-state index is 14.0. The average molecular weight is 866 g/mol. The van der Waals surface area contributed by atoms with E-state index in [4.69, 9.17) is 25.8 Å². The third-order valence-corrected chi connectivity index (χ3v) is 12.8. The minimum Gasteiger partial charge on any atom is -0.505 e. The Labute approximate surface area is 343 Å². The van der Waals surface area contributed by atoms with Gasteiger partial charge in [0, 0.05) is 30.1 Å². The van der Waals surface area contributed by atoms with Crippen molar-refractivity contribution in [1.82, 2.24) is 9.21 Å². The van der Waals surface area contributed by atoms with Crippen LogP contribution in [0.25, 0.3) is 10.8 Å². The summed E-state index contributed by atoms with van der Waals surface area (Å²) in [5.41, 5.74) is -1.37.